The summed E-state index contributed by atoms with van der Waals surface area (Å²) in [6.45, 7) is 6.91. The van der Waals surface area contributed by atoms with Gasteiger partial charge in [0.1, 0.15) is 5.92 Å². The van der Waals surface area contributed by atoms with E-state index in [1.54, 1.807) is 6.92 Å². The molecule has 1 aliphatic carbocycles. The SMILES string of the molecule is CCCCC1=C[C@H]2C[N+]([C@@H](C)C(=O)OCC)=C[C@H]2C1=O. The second-order valence-corrected chi connectivity index (χ2v) is 5.62. The number of ether oxygens (including phenoxy) is 1. The van der Waals surface area contributed by atoms with E-state index in [4.69, 9.17) is 4.74 Å². The molecule has 20 heavy (non-hydrogen) atoms. The summed E-state index contributed by atoms with van der Waals surface area (Å²) in [6.07, 6.45) is 7.13. The molecule has 0 bridgehead atoms. The summed E-state index contributed by atoms with van der Waals surface area (Å²) in [7, 11) is 0. The van der Waals surface area contributed by atoms with Gasteiger partial charge in [-0.25, -0.2) is 9.37 Å². The van der Waals surface area contributed by atoms with Gasteiger partial charge in [-0.15, -0.1) is 0 Å². The van der Waals surface area contributed by atoms with Crippen LogP contribution in [0, 0.1) is 11.8 Å². The number of Topliss-reactive ketones (excluding diaryl/α,β-unsaturated/α-hetero) is 1. The Bertz CT molecular complexity index is 464. The fourth-order valence-corrected chi connectivity index (χ4v) is 2.97. The van der Waals surface area contributed by atoms with E-state index in [9.17, 15) is 9.59 Å². The van der Waals surface area contributed by atoms with Gasteiger partial charge in [-0.2, -0.15) is 0 Å². The number of carbonyl (C=O) groups is 2. The first-order valence-corrected chi connectivity index (χ1v) is 7.60. The van der Waals surface area contributed by atoms with Crippen LogP contribution in [0.1, 0.15) is 40.0 Å². The van der Waals surface area contributed by atoms with E-state index in [-0.39, 0.29) is 29.6 Å². The summed E-state index contributed by atoms with van der Waals surface area (Å²) < 4.78 is 7.00. The molecule has 2 rings (SSSR count). The van der Waals surface area contributed by atoms with Crippen molar-refractivity contribution in [3.05, 3.63) is 11.6 Å². The van der Waals surface area contributed by atoms with Crippen molar-refractivity contribution in [2.75, 3.05) is 13.2 Å². The molecule has 0 radical (unpaired) electrons. The van der Waals surface area contributed by atoms with Crippen molar-refractivity contribution in [1.29, 1.82) is 0 Å². The van der Waals surface area contributed by atoms with E-state index in [0.29, 0.717) is 6.61 Å². The molecule has 1 aliphatic heterocycles. The van der Waals surface area contributed by atoms with Crippen LogP contribution in [0.15, 0.2) is 11.6 Å². The van der Waals surface area contributed by atoms with Crippen LogP contribution in [0.3, 0.4) is 0 Å². The lowest BCUT2D eigenvalue weighted by Crippen LogP contribution is -2.33. The quantitative estimate of drug-likeness (QED) is 0.551. The second-order valence-electron chi connectivity index (χ2n) is 5.62. The molecule has 0 spiro atoms. The molecule has 2 aliphatic rings. The standard InChI is InChI=1S/C16H24NO3/c1-4-6-7-12-8-13-9-17(10-14(13)15(12)18)11(3)16(19)20-5-2/h8,10-11,13-14H,4-7,9H2,1-3H3/q+1/t11-,13-,14+/m0/s1. The Morgan fingerprint density at radius 2 is 2.25 bits per heavy atom. The fraction of sp³-hybridized carbons (Fsp3) is 0.688. The number of nitrogens with zero attached hydrogens (tertiary/aromatic N) is 1. The van der Waals surface area contributed by atoms with Crippen molar-refractivity contribution in [3.8, 4) is 0 Å². The number of carbonyl (C=O) groups excluding carboxylic acids is 2. The summed E-state index contributed by atoms with van der Waals surface area (Å²) in [5, 5.41) is 0. The Morgan fingerprint density at radius 1 is 1.50 bits per heavy atom. The number of hydrogen-bond acceptors (Lipinski definition) is 3. The minimum atomic E-state index is -0.305. The van der Waals surface area contributed by atoms with Crippen LogP contribution in [-0.4, -0.2) is 41.7 Å². The molecule has 0 saturated carbocycles. The lowest BCUT2D eigenvalue weighted by molar-refractivity contribution is -0.543. The lowest BCUT2D eigenvalue weighted by Gasteiger charge is -2.08. The third-order valence-corrected chi connectivity index (χ3v) is 4.19. The van der Waals surface area contributed by atoms with Crippen LogP contribution < -0.4 is 0 Å². The van der Waals surface area contributed by atoms with Gasteiger partial charge >= 0.3 is 5.97 Å². The molecule has 3 atom stereocenters. The van der Waals surface area contributed by atoms with Crippen molar-refractivity contribution < 1.29 is 18.9 Å². The van der Waals surface area contributed by atoms with Crippen LogP contribution in [0.2, 0.25) is 0 Å². The van der Waals surface area contributed by atoms with Crippen molar-refractivity contribution in [3.63, 3.8) is 0 Å². The second kappa shape index (κ2) is 6.33. The third-order valence-electron chi connectivity index (χ3n) is 4.19. The van der Waals surface area contributed by atoms with Crippen LogP contribution >= 0.6 is 0 Å². The summed E-state index contributed by atoms with van der Waals surface area (Å²) >= 11 is 0. The molecule has 0 saturated heterocycles. The van der Waals surface area contributed by atoms with Gasteiger partial charge in [0.25, 0.3) is 0 Å². The number of hydrogen-bond donors (Lipinski definition) is 0. The predicted molar refractivity (Wildman–Crippen MR) is 76.9 cm³/mol. The Hall–Kier alpha value is -1.45. The minimum absolute atomic E-state index is 0.0567. The zero-order valence-corrected chi connectivity index (χ0v) is 12.6. The molecule has 4 heteroatoms. The Morgan fingerprint density at radius 3 is 2.85 bits per heavy atom. The molecule has 0 N–H and O–H groups in total. The molecule has 0 amide bonds. The Kier molecular flexibility index (Phi) is 4.73. The van der Waals surface area contributed by atoms with Gasteiger partial charge in [-0.05, 0) is 25.3 Å². The number of unbranched alkanes of at least 4 members (excludes halogenated alkanes) is 1. The minimum Gasteiger partial charge on any atom is -0.461 e. The molecule has 110 valence electrons. The van der Waals surface area contributed by atoms with E-state index in [0.717, 1.165) is 31.4 Å². The highest BCUT2D eigenvalue weighted by Crippen LogP contribution is 2.32. The first kappa shape index (κ1) is 14.9. The maximum Gasteiger partial charge on any atom is 0.375 e. The van der Waals surface area contributed by atoms with Crippen molar-refractivity contribution in [2.45, 2.75) is 46.1 Å². The smallest absolute Gasteiger partial charge is 0.375 e. The predicted octanol–water partition coefficient (Wildman–Crippen LogP) is 1.97. The highest BCUT2D eigenvalue weighted by atomic mass is 16.5. The molecular formula is C16H24NO3+. The Labute approximate surface area is 120 Å². The zero-order chi connectivity index (χ0) is 14.7. The zero-order valence-electron chi connectivity index (χ0n) is 12.6. The van der Waals surface area contributed by atoms with Crippen molar-refractivity contribution >= 4 is 18.0 Å². The number of allylic oxidation sites excluding steroid dienone is 1. The molecule has 1 heterocycles. The van der Waals surface area contributed by atoms with Crippen LogP contribution in [-0.2, 0) is 14.3 Å². The first-order chi connectivity index (χ1) is 9.58. The van der Waals surface area contributed by atoms with E-state index in [2.05, 4.69) is 13.0 Å². The van der Waals surface area contributed by atoms with E-state index in [1.165, 1.54) is 0 Å². The average molecular weight is 278 g/mol. The van der Waals surface area contributed by atoms with E-state index in [1.807, 2.05) is 17.7 Å². The largest absolute Gasteiger partial charge is 0.461 e. The summed E-state index contributed by atoms with van der Waals surface area (Å²) in [5.74, 6) is 0.221. The first-order valence-electron chi connectivity index (χ1n) is 7.60. The van der Waals surface area contributed by atoms with E-state index < -0.39 is 0 Å². The molecule has 0 fully saturated rings. The van der Waals surface area contributed by atoms with Gasteiger partial charge in [0.15, 0.2) is 18.5 Å². The van der Waals surface area contributed by atoms with Gasteiger partial charge in [0.05, 0.1) is 12.5 Å². The maximum atomic E-state index is 12.3. The average Bonchev–Trinajstić information content (AvgIpc) is 2.96. The number of ketones is 1. The molecule has 0 aromatic rings. The topological polar surface area (TPSA) is 46.4 Å². The molecular weight excluding hydrogens is 254 g/mol. The monoisotopic (exact) mass is 278 g/mol. The normalized spacial score (nSPS) is 26.1. The van der Waals surface area contributed by atoms with Crippen LogP contribution in [0.4, 0.5) is 0 Å². The van der Waals surface area contributed by atoms with Crippen LogP contribution in [0.5, 0.6) is 0 Å². The molecule has 0 aromatic carbocycles. The number of esters is 1. The maximum absolute atomic E-state index is 12.3. The van der Waals surface area contributed by atoms with Gasteiger partial charge in [0, 0.05) is 6.92 Å². The number of rotatable bonds is 6. The third kappa shape index (κ3) is 2.84. The van der Waals surface area contributed by atoms with Crippen molar-refractivity contribution in [1.82, 2.24) is 0 Å². The van der Waals surface area contributed by atoms with Crippen molar-refractivity contribution in [2.24, 2.45) is 11.8 Å². The number of fused-ring (bicyclic) bond motifs is 1. The molecule has 0 aromatic heterocycles. The van der Waals surface area contributed by atoms with Gasteiger partial charge in [-0.3, -0.25) is 4.79 Å². The highest BCUT2D eigenvalue weighted by Gasteiger charge is 2.45. The van der Waals surface area contributed by atoms with Gasteiger partial charge < -0.3 is 4.74 Å². The summed E-state index contributed by atoms with van der Waals surface area (Å²) in [6, 6.07) is -0.305. The Balaban J connectivity index is 2.00. The highest BCUT2D eigenvalue weighted by molar-refractivity contribution is 6.08. The van der Waals surface area contributed by atoms with Gasteiger partial charge in [0.2, 0.25) is 6.04 Å². The van der Waals surface area contributed by atoms with Crippen LogP contribution in [0.25, 0.3) is 0 Å². The lowest BCUT2D eigenvalue weighted by atomic mass is 9.98. The summed E-state index contributed by atoms with van der Waals surface area (Å²) in [4.78, 5) is 24.1. The molecule has 4 nitrogen and oxygen atoms in total. The summed E-state index contributed by atoms with van der Waals surface area (Å²) in [5.41, 5.74) is 0.988. The van der Waals surface area contributed by atoms with Gasteiger partial charge in [-0.1, -0.05) is 19.4 Å². The fourth-order valence-electron chi connectivity index (χ4n) is 2.97. The van der Waals surface area contributed by atoms with E-state index >= 15 is 0 Å². The molecule has 0 unspecified atom stereocenters.